The van der Waals surface area contributed by atoms with Crippen molar-refractivity contribution < 1.29 is 46.7 Å². The number of imide groups is 1. The van der Waals surface area contributed by atoms with E-state index in [-0.39, 0.29) is 56.1 Å². The van der Waals surface area contributed by atoms with Crippen molar-refractivity contribution in [3.8, 4) is 0 Å². The van der Waals surface area contributed by atoms with Gasteiger partial charge in [-0.05, 0) is 37.7 Å². The first-order valence-electron chi connectivity index (χ1n) is 13.2. The second-order valence-electron chi connectivity index (χ2n) is 10.3. The van der Waals surface area contributed by atoms with Crippen LogP contribution in [-0.4, -0.2) is 76.2 Å². The SMILES string of the molecule is O=C1CCC(N2Cc3ccc(CNC(=O)OC4CCC(N5C(OC(F)F)CC[N+]5=O)CC4)c(F)c3C2=O)C(=O)N1. The molecule has 2 atom stereocenters. The number of rotatable bonds is 7. The van der Waals surface area contributed by atoms with Gasteiger partial charge in [0.1, 0.15) is 22.8 Å². The first kappa shape index (κ1) is 27.8. The van der Waals surface area contributed by atoms with E-state index >= 15 is 4.39 Å². The molecule has 15 heteroatoms. The molecule has 0 radical (unpaired) electrons. The maximum atomic E-state index is 15.3. The van der Waals surface area contributed by atoms with Crippen LogP contribution < -0.4 is 10.6 Å². The summed E-state index contributed by atoms with van der Waals surface area (Å²) in [6.45, 7) is -3.13. The van der Waals surface area contributed by atoms with Crippen molar-refractivity contribution in [2.45, 2.75) is 89.1 Å². The number of benzene rings is 1. The van der Waals surface area contributed by atoms with Gasteiger partial charge in [0, 0.05) is 25.1 Å². The van der Waals surface area contributed by atoms with Crippen LogP contribution in [-0.2, 0) is 32.2 Å². The van der Waals surface area contributed by atoms with Crippen molar-refractivity contribution in [3.63, 3.8) is 0 Å². The Balaban J connectivity index is 1.12. The van der Waals surface area contributed by atoms with Crippen molar-refractivity contribution >= 4 is 23.8 Å². The van der Waals surface area contributed by atoms with Crippen LogP contribution in [0.25, 0.3) is 0 Å². The van der Waals surface area contributed by atoms with Crippen molar-refractivity contribution in [1.29, 1.82) is 0 Å². The summed E-state index contributed by atoms with van der Waals surface area (Å²) >= 11 is 0. The smallest absolute Gasteiger partial charge is 0.407 e. The average Bonchev–Trinajstić information content (AvgIpc) is 3.43. The summed E-state index contributed by atoms with van der Waals surface area (Å²) in [6.07, 6.45) is -0.154. The third-order valence-electron chi connectivity index (χ3n) is 7.80. The number of carbonyl (C=O) groups is 4. The summed E-state index contributed by atoms with van der Waals surface area (Å²) in [4.78, 5) is 63.0. The van der Waals surface area contributed by atoms with Gasteiger partial charge in [-0.3, -0.25) is 24.4 Å². The van der Waals surface area contributed by atoms with E-state index in [2.05, 4.69) is 15.4 Å². The molecule has 2 unspecified atom stereocenters. The molecule has 40 heavy (non-hydrogen) atoms. The number of piperidine rings is 1. The number of fused-ring (bicyclic) bond motifs is 1. The Hall–Kier alpha value is -3.75. The van der Waals surface area contributed by atoms with Gasteiger partial charge in [0.15, 0.2) is 6.23 Å². The number of ether oxygens (including phenoxy) is 2. The second-order valence-corrected chi connectivity index (χ2v) is 10.3. The monoisotopic (exact) mass is 568 g/mol. The molecule has 4 aliphatic rings. The third-order valence-corrected chi connectivity index (χ3v) is 7.80. The number of hydrogen-bond acceptors (Lipinski definition) is 7. The highest BCUT2D eigenvalue weighted by molar-refractivity contribution is 6.05. The molecule has 5 rings (SSSR count). The van der Waals surface area contributed by atoms with Crippen LogP contribution in [0.15, 0.2) is 12.1 Å². The Morgan fingerprint density at radius 1 is 1.12 bits per heavy atom. The summed E-state index contributed by atoms with van der Waals surface area (Å²) in [5.74, 6) is -2.47. The number of nitroso groups, excluding NO2 is 1. The van der Waals surface area contributed by atoms with Gasteiger partial charge < -0.3 is 15.0 Å². The lowest BCUT2D eigenvalue weighted by Gasteiger charge is -2.32. The minimum atomic E-state index is -2.99. The quantitative estimate of drug-likeness (QED) is 0.377. The number of hydrogen-bond donors (Lipinski definition) is 2. The van der Waals surface area contributed by atoms with Gasteiger partial charge in [0.05, 0.1) is 22.9 Å². The van der Waals surface area contributed by atoms with Crippen LogP contribution >= 0.6 is 0 Å². The van der Waals surface area contributed by atoms with Gasteiger partial charge in [-0.15, -0.1) is 5.01 Å². The number of amides is 4. The van der Waals surface area contributed by atoms with E-state index < -0.39 is 54.6 Å². The fourth-order valence-corrected chi connectivity index (χ4v) is 5.86. The Labute approximate surface area is 226 Å². The van der Waals surface area contributed by atoms with E-state index in [1.54, 1.807) is 6.07 Å². The zero-order valence-electron chi connectivity index (χ0n) is 21.4. The average molecular weight is 569 g/mol. The van der Waals surface area contributed by atoms with E-state index in [4.69, 9.17) is 4.74 Å². The third kappa shape index (κ3) is 5.60. The number of alkyl halides is 2. The van der Waals surface area contributed by atoms with Crippen molar-refractivity contribution in [1.82, 2.24) is 20.5 Å². The van der Waals surface area contributed by atoms with Gasteiger partial charge in [-0.1, -0.05) is 12.1 Å². The van der Waals surface area contributed by atoms with Gasteiger partial charge in [-0.2, -0.15) is 8.78 Å². The van der Waals surface area contributed by atoms with Gasteiger partial charge in [0.25, 0.3) is 5.91 Å². The van der Waals surface area contributed by atoms with Crippen molar-refractivity contribution in [3.05, 3.63) is 39.5 Å². The summed E-state index contributed by atoms with van der Waals surface area (Å²) < 4.78 is 50.7. The predicted octanol–water partition coefficient (Wildman–Crippen LogP) is 2.09. The maximum absolute atomic E-state index is 15.3. The minimum Gasteiger partial charge on any atom is -0.446 e. The Morgan fingerprint density at radius 3 is 2.58 bits per heavy atom. The van der Waals surface area contributed by atoms with E-state index in [1.807, 2.05) is 0 Å². The number of nitrogens with one attached hydrogen (secondary N) is 2. The standard InChI is InChI=1S/C25H28F3N5O7/c26-21-13(1-2-14-12-31(23(36)20(14)21)17-7-8-18(34)30-22(17)35)11-29-25(37)39-16-5-3-15(4-6-16)33-19(40-24(27)28)9-10-32(33)38/h1-2,15-17,19,24H,3-12H2,(H-,29,30,34,35,37)/p+1. The highest BCUT2D eigenvalue weighted by atomic mass is 19.3. The molecule has 2 N–H and O–H groups in total. The zero-order chi connectivity index (χ0) is 28.6. The molecule has 1 aromatic carbocycles. The molecule has 3 fully saturated rings. The number of alkyl carbamates (subject to hydrolysis) is 1. The molecule has 0 bridgehead atoms. The van der Waals surface area contributed by atoms with Crippen LogP contribution in [0.1, 0.15) is 66.4 Å². The molecule has 3 heterocycles. The first-order valence-corrected chi connectivity index (χ1v) is 13.2. The van der Waals surface area contributed by atoms with Gasteiger partial charge in [-0.25, -0.2) is 9.18 Å². The predicted molar refractivity (Wildman–Crippen MR) is 128 cm³/mol. The topological polar surface area (TPSA) is 137 Å². The Morgan fingerprint density at radius 2 is 1.88 bits per heavy atom. The van der Waals surface area contributed by atoms with Crippen LogP contribution in [0.3, 0.4) is 0 Å². The number of nitrogens with zero attached hydrogens (tertiary/aromatic N) is 3. The summed E-state index contributed by atoms with van der Waals surface area (Å²) in [5, 5.41) is 5.97. The summed E-state index contributed by atoms with van der Waals surface area (Å²) in [7, 11) is 0. The fourth-order valence-electron chi connectivity index (χ4n) is 5.86. The summed E-state index contributed by atoms with van der Waals surface area (Å²) in [5.41, 5.74) is 0.304. The van der Waals surface area contributed by atoms with E-state index in [0.29, 0.717) is 36.1 Å². The van der Waals surface area contributed by atoms with Crippen molar-refractivity contribution in [2.75, 3.05) is 6.54 Å². The molecule has 216 valence electrons. The molecule has 2 saturated heterocycles. The largest absolute Gasteiger partial charge is 0.446 e. The number of halogens is 3. The van der Waals surface area contributed by atoms with Gasteiger partial charge in [0.2, 0.25) is 18.4 Å². The van der Waals surface area contributed by atoms with Crippen LogP contribution in [0.2, 0.25) is 0 Å². The van der Waals surface area contributed by atoms with E-state index in [9.17, 15) is 32.9 Å². The molecule has 3 aliphatic heterocycles. The molecule has 1 aliphatic carbocycles. The molecule has 1 saturated carbocycles. The van der Waals surface area contributed by atoms with Crippen LogP contribution in [0.4, 0.5) is 18.0 Å². The number of carbonyl (C=O) groups excluding carboxylic acids is 4. The molecule has 0 aromatic heterocycles. The lowest BCUT2D eigenvalue weighted by molar-refractivity contribution is -0.706. The molecule has 1 aromatic rings. The minimum absolute atomic E-state index is 0.0341. The van der Waals surface area contributed by atoms with Crippen molar-refractivity contribution in [2.24, 2.45) is 0 Å². The molecule has 0 spiro atoms. The molecular weight excluding hydrogens is 539 g/mol. The molecular formula is C25H29F3N5O7+. The van der Waals surface area contributed by atoms with Gasteiger partial charge >= 0.3 is 12.7 Å². The lowest BCUT2D eigenvalue weighted by atomic mass is 9.92. The highest BCUT2D eigenvalue weighted by Crippen LogP contribution is 2.32. The summed E-state index contributed by atoms with van der Waals surface area (Å²) in [6, 6.07) is 1.83. The highest BCUT2D eigenvalue weighted by Gasteiger charge is 2.46. The number of hydrazine groups is 1. The second kappa shape index (κ2) is 11.4. The van der Waals surface area contributed by atoms with E-state index in [1.165, 1.54) is 16.0 Å². The molecule has 4 amide bonds. The zero-order valence-corrected chi connectivity index (χ0v) is 21.4. The maximum Gasteiger partial charge on any atom is 0.407 e. The lowest BCUT2D eigenvalue weighted by Crippen LogP contribution is -2.52. The first-order chi connectivity index (χ1) is 19.1. The van der Waals surface area contributed by atoms with E-state index in [0.717, 1.165) is 0 Å². The van der Waals surface area contributed by atoms with Crippen LogP contribution in [0, 0.1) is 10.7 Å². The molecule has 12 nitrogen and oxygen atoms in total. The fraction of sp³-hybridized carbons (Fsp3) is 0.600. The van der Waals surface area contributed by atoms with Crippen LogP contribution in [0.5, 0.6) is 0 Å². The Kier molecular flexibility index (Phi) is 7.92. The Bertz CT molecular complexity index is 1220. The normalized spacial score (nSPS) is 26.8.